The molecule has 1 N–H and O–H groups in total. The van der Waals surface area contributed by atoms with Crippen LogP contribution in [0.3, 0.4) is 0 Å². The lowest BCUT2D eigenvalue weighted by atomic mass is 9.63. The van der Waals surface area contributed by atoms with Crippen molar-refractivity contribution in [3.8, 4) is 0 Å². The molecule has 0 fully saturated rings. The molecule has 4 rings (SSSR count). The van der Waals surface area contributed by atoms with Crippen LogP contribution in [0.4, 0.5) is 0 Å². The lowest BCUT2D eigenvalue weighted by Crippen LogP contribution is -2.40. The molecule has 1 heterocycles. The summed E-state index contributed by atoms with van der Waals surface area (Å²) in [7, 11) is 0. The molecule has 2 aliphatic rings. The number of rotatable bonds is 3. The predicted molar refractivity (Wildman–Crippen MR) is 117 cm³/mol. The van der Waals surface area contributed by atoms with Gasteiger partial charge in [0.1, 0.15) is 5.54 Å². The smallest absolute Gasteiger partial charge is 0.248 e. The second kappa shape index (κ2) is 7.40. The van der Waals surface area contributed by atoms with E-state index in [2.05, 4.69) is 31.0 Å². The maximum Gasteiger partial charge on any atom is 0.248 e. The molecule has 1 aromatic heterocycles. The number of aromatic nitrogens is 1. The van der Waals surface area contributed by atoms with Crippen LogP contribution in [0.2, 0.25) is 5.02 Å². The van der Waals surface area contributed by atoms with Crippen LogP contribution in [0.5, 0.6) is 0 Å². The van der Waals surface area contributed by atoms with Crippen LogP contribution in [0, 0.1) is 5.92 Å². The summed E-state index contributed by atoms with van der Waals surface area (Å²) < 4.78 is 0. The van der Waals surface area contributed by atoms with E-state index in [1.807, 2.05) is 48.7 Å². The number of nitrogens with zero attached hydrogens (tertiary/aromatic N) is 1. The minimum absolute atomic E-state index is 0.0542. The number of allylic oxidation sites excluding steroid dienone is 3. The molecule has 0 aliphatic heterocycles. The van der Waals surface area contributed by atoms with Gasteiger partial charge >= 0.3 is 0 Å². The fourth-order valence-corrected chi connectivity index (χ4v) is 4.79. The summed E-state index contributed by atoms with van der Waals surface area (Å²) in [6.07, 6.45) is 12.0. The molecule has 2 bridgehead atoms. The highest BCUT2D eigenvalue weighted by atomic mass is 35.5. The molecule has 0 radical (unpaired) electrons. The first kappa shape index (κ1) is 18.7. The number of H-pyrrole nitrogens is 1. The first-order chi connectivity index (χ1) is 13.5. The molecule has 0 unspecified atom stereocenters. The first-order valence-electron chi connectivity index (χ1n) is 9.56. The van der Waals surface area contributed by atoms with E-state index in [-0.39, 0.29) is 11.5 Å². The van der Waals surface area contributed by atoms with Gasteiger partial charge in [-0.1, -0.05) is 47.5 Å². The summed E-state index contributed by atoms with van der Waals surface area (Å²) in [5, 5.41) is 0.718. The number of halogens is 1. The molecular weight excluding hydrogens is 368 g/mol. The van der Waals surface area contributed by atoms with Gasteiger partial charge < -0.3 is 4.98 Å². The van der Waals surface area contributed by atoms with Gasteiger partial charge in [-0.3, -0.25) is 9.79 Å². The third kappa shape index (κ3) is 3.31. The summed E-state index contributed by atoms with van der Waals surface area (Å²) in [5.74, 6) is 0.276. The quantitative estimate of drug-likeness (QED) is 0.547. The van der Waals surface area contributed by atoms with Crippen molar-refractivity contribution >= 4 is 23.9 Å². The lowest BCUT2D eigenvalue weighted by molar-refractivity contribution is 0.413. The Bertz CT molecular complexity index is 1090. The first-order valence-corrected chi connectivity index (χ1v) is 9.94. The minimum atomic E-state index is -0.450. The Morgan fingerprint density at radius 3 is 2.93 bits per heavy atom. The van der Waals surface area contributed by atoms with Gasteiger partial charge in [-0.05, 0) is 55.7 Å². The summed E-state index contributed by atoms with van der Waals surface area (Å²) in [4.78, 5) is 20.0. The molecule has 4 heteroatoms. The molecule has 28 heavy (non-hydrogen) atoms. The Morgan fingerprint density at radius 1 is 1.29 bits per heavy atom. The topological polar surface area (TPSA) is 45.2 Å². The number of hydrogen-bond donors (Lipinski definition) is 1. The number of aromatic amines is 1. The van der Waals surface area contributed by atoms with Gasteiger partial charge in [-0.25, -0.2) is 0 Å². The van der Waals surface area contributed by atoms with E-state index in [0.29, 0.717) is 0 Å². The van der Waals surface area contributed by atoms with E-state index in [1.54, 1.807) is 6.07 Å². The van der Waals surface area contributed by atoms with Gasteiger partial charge in [0.25, 0.3) is 0 Å². The lowest BCUT2D eigenvalue weighted by Gasteiger charge is -2.45. The molecule has 142 valence electrons. The fraction of sp³-hybridized carbons (Fsp3) is 0.250. The molecule has 2 aromatic rings. The van der Waals surface area contributed by atoms with Crippen LogP contribution in [-0.2, 0) is 12.0 Å². The van der Waals surface area contributed by atoms with Gasteiger partial charge in [-0.15, -0.1) is 0 Å². The summed E-state index contributed by atoms with van der Waals surface area (Å²) >= 11 is 6.06. The maximum atomic E-state index is 11.9. The van der Waals surface area contributed by atoms with Gasteiger partial charge in [0.2, 0.25) is 5.56 Å². The van der Waals surface area contributed by atoms with E-state index >= 15 is 0 Å². The normalized spacial score (nSPS) is 25.3. The Labute approximate surface area is 170 Å². The van der Waals surface area contributed by atoms with Crippen molar-refractivity contribution in [2.75, 3.05) is 0 Å². The number of hydrogen-bond acceptors (Lipinski definition) is 2. The van der Waals surface area contributed by atoms with E-state index in [9.17, 15) is 4.79 Å². The zero-order valence-corrected chi connectivity index (χ0v) is 16.8. The van der Waals surface area contributed by atoms with Crippen molar-refractivity contribution in [1.82, 2.24) is 4.98 Å². The van der Waals surface area contributed by atoms with Crippen LogP contribution in [0.1, 0.15) is 37.1 Å². The SMILES string of the molecule is C/C=C1\[C@H]2C=C(C)C[C@]1(N=C/C=C/c1cccc(Cl)c1)c1ccc(=O)[nH]c1C2. The van der Waals surface area contributed by atoms with Crippen LogP contribution in [-0.4, -0.2) is 11.2 Å². The van der Waals surface area contributed by atoms with Gasteiger partial charge in [0.15, 0.2) is 0 Å². The highest BCUT2D eigenvalue weighted by Gasteiger charge is 2.46. The summed E-state index contributed by atoms with van der Waals surface area (Å²) in [5.41, 5.74) is 5.29. The average molecular weight is 391 g/mol. The monoisotopic (exact) mass is 390 g/mol. The van der Waals surface area contributed by atoms with E-state index in [4.69, 9.17) is 16.6 Å². The second-order valence-corrected chi connectivity index (χ2v) is 7.95. The highest BCUT2D eigenvalue weighted by Crippen LogP contribution is 2.51. The van der Waals surface area contributed by atoms with Crippen LogP contribution in [0.25, 0.3) is 6.08 Å². The van der Waals surface area contributed by atoms with Crippen LogP contribution >= 0.6 is 11.6 Å². The van der Waals surface area contributed by atoms with Crippen molar-refractivity contribution in [1.29, 1.82) is 0 Å². The van der Waals surface area contributed by atoms with Gasteiger partial charge in [-0.2, -0.15) is 0 Å². The summed E-state index contributed by atoms with van der Waals surface area (Å²) in [6.45, 7) is 4.25. The number of pyridine rings is 1. The molecule has 2 atom stereocenters. The minimum Gasteiger partial charge on any atom is -0.326 e. The summed E-state index contributed by atoms with van der Waals surface area (Å²) in [6, 6.07) is 11.3. The Hall–Kier alpha value is -2.65. The number of benzene rings is 1. The standard InChI is InChI=1S/C24H23ClN2O/c1-3-20-18-12-16(2)15-24(20,21-9-10-23(28)27-22(21)14-18)26-11-5-7-17-6-4-8-19(25)13-17/h3-13,18H,14-15H2,1-2H3,(H,27,28)/b7-5+,20-3+,26-11?/t18-,24+/m0/s1. The second-order valence-electron chi connectivity index (χ2n) is 7.51. The van der Waals surface area contributed by atoms with Crippen molar-refractivity contribution in [3.05, 3.63) is 98.0 Å². The number of nitrogens with one attached hydrogen (secondary N) is 1. The third-order valence-corrected chi connectivity index (χ3v) is 5.83. The molecule has 0 spiro atoms. The molecule has 1 aromatic carbocycles. The molecule has 0 amide bonds. The maximum absolute atomic E-state index is 11.9. The van der Waals surface area contributed by atoms with Gasteiger partial charge in [0.05, 0.1) is 0 Å². The highest BCUT2D eigenvalue weighted by molar-refractivity contribution is 6.30. The van der Waals surface area contributed by atoms with Crippen molar-refractivity contribution < 1.29 is 0 Å². The van der Waals surface area contributed by atoms with Crippen molar-refractivity contribution in [2.24, 2.45) is 10.9 Å². The molecule has 0 saturated carbocycles. The predicted octanol–water partition coefficient (Wildman–Crippen LogP) is 5.48. The molecule has 2 aliphatic carbocycles. The van der Waals surface area contributed by atoms with Gasteiger partial charge in [0, 0.05) is 40.9 Å². The Balaban J connectivity index is 1.77. The zero-order valence-electron chi connectivity index (χ0n) is 16.1. The van der Waals surface area contributed by atoms with Crippen LogP contribution in [0.15, 0.2) is 75.6 Å². The van der Waals surface area contributed by atoms with Crippen molar-refractivity contribution in [2.45, 2.75) is 32.2 Å². The molecule has 3 nitrogen and oxygen atoms in total. The largest absolute Gasteiger partial charge is 0.326 e. The Morgan fingerprint density at radius 2 is 2.14 bits per heavy atom. The number of fused-ring (bicyclic) bond motifs is 4. The number of aliphatic imine (C=N–C) groups is 1. The van der Waals surface area contributed by atoms with Crippen molar-refractivity contribution in [3.63, 3.8) is 0 Å². The Kier molecular flexibility index (Phi) is 4.94. The average Bonchev–Trinajstić information content (AvgIpc) is 2.64. The molecular formula is C24H23ClN2O. The molecule has 0 saturated heterocycles. The zero-order chi connectivity index (χ0) is 19.7. The van der Waals surface area contributed by atoms with E-state index in [0.717, 1.165) is 34.7 Å². The van der Waals surface area contributed by atoms with E-state index < -0.39 is 5.54 Å². The fourth-order valence-electron chi connectivity index (χ4n) is 4.59. The van der Waals surface area contributed by atoms with E-state index in [1.165, 1.54) is 11.1 Å². The third-order valence-electron chi connectivity index (χ3n) is 5.60. The van der Waals surface area contributed by atoms with Crippen LogP contribution < -0.4 is 5.56 Å².